The molecule has 0 aliphatic rings. The first-order valence-corrected chi connectivity index (χ1v) is 16.8. The molecular weight excluding hydrogens is 606 g/mol. The van der Waals surface area contributed by atoms with Gasteiger partial charge in [-0.15, -0.1) is 0 Å². The first kappa shape index (κ1) is 33.7. The summed E-state index contributed by atoms with van der Waals surface area (Å²) in [4.78, 5) is 29.9. The van der Waals surface area contributed by atoms with E-state index in [1.54, 1.807) is 30.3 Å². The number of halogens is 1. The number of rotatable bonds is 13. The lowest BCUT2D eigenvalue weighted by molar-refractivity contribution is -0.140. The van der Waals surface area contributed by atoms with E-state index < -0.39 is 28.5 Å². The number of hydrogen-bond acceptors (Lipinski definition) is 4. The molecule has 1 N–H and O–H groups in total. The molecule has 2 atom stereocenters. The maximum Gasteiger partial charge on any atom is 0.264 e. The highest BCUT2D eigenvalue weighted by molar-refractivity contribution is 7.92. The van der Waals surface area contributed by atoms with Crippen LogP contribution in [0.15, 0.2) is 108 Å². The molecule has 2 amide bonds. The van der Waals surface area contributed by atoms with Crippen molar-refractivity contribution in [2.24, 2.45) is 0 Å². The fraction of sp³-hybridized carbons (Fsp3) is 0.278. The van der Waals surface area contributed by atoms with Crippen LogP contribution in [-0.4, -0.2) is 43.8 Å². The van der Waals surface area contributed by atoms with Crippen LogP contribution in [0.25, 0.3) is 0 Å². The third kappa shape index (κ3) is 8.74. The molecule has 236 valence electrons. The van der Waals surface area contributed by atoms with Gasteiger partial charge < -0.3 is 10.2 Å². The van der Waals surface area contributed by atoms with Crippen molar-refractivity contribution in [2.75, 3.05) is 10.8 Å². The second kappa shape index (κ2) is 15.2. The summed E-state index contributed by atoms with van der Waals surface area (Å²) in [5, 5.41) is 3.42. The molecule has 4 aromatic rings. The van der Waals surface area contributed by atoms with Crippen LogP contribution in [0.4, 0.5) is 5.69 Å². The van der Waals surface area contributed by atoms with Gasteiger partial charge in [-0.05, 0) is 68.1 Å². The van der Waals surface area contributed by atoms with E-state index >= 15 is 0 Å². The zero-order chi connectivity index (χ0) is 32.6. The van der Waals surface area contributed by atoms with Crippen LogP contribution < -0.4 is 9.62 Å². The average Bonchev–Trinajstić information content (AvgIpc) is 3.03. The highest BCUT2D eigenvalue weighted by Crippen LogP contribution is 2.29. The van der Waals surface area contributed by atoms with Gasteiger partial charge in [-0.25, -0.2) is 8.42 Å². The summed E-state index contributed by atoms with van der Waals surface area (Å²) in [5.74, 6) is -0.824. The molecule has 45 heavy (non-hydrogen) atoms. The van der Waals surface area contributed by atoms with Crippen LogP contribution in [0.3, 0.4) is 0 Å². The lowest BCUT2D eigenvalue weighted by Gasteiger charge is -2.34. The summed E-state index contributed by atoms with van der Waals surface area (Å²) in [7, 11) is -4.20. The number of amides is 2. The van der Waals surface area contributed by atoms with Crippen LogP contribution in [0, 0.1) is 13.8 Å². The monoisotopic (exact) mass is 645 g/mol. The molecule has 0 fully saturated rings. The summed E-state index contributed by atoms with van der Waals surface area (Å²) in [6, 6.07) is 29.2. The molecule has 0 aliphatic carbocycles. The van der Waals surface area contributed by atoms with E-state index in [-0.39, 0.29) is 35.5 Å². The first-order valence-electron chi connectivity index (χ1n) is 15.0. The lowest BCUT2D eigenvalue weighted by Crippen LogP contribution is -2.54. The van der Waals surface area contributed by atoms with Gasteiger partial charge >= 0.3 is 0 Å². The van der Waals surface area contributed by atoms with Crippen molar-refractivity contribution in [1.29, 1.82) is 0 Å². The lowest BCUT2D eigenvalue weighted by atomic mass is 10.0. The van der Waals surface area contributed by atoms with E-state index in [1.165, 1.54) is 17.0 Å². The predicted octanol–water partition coefficient (Wildman–Crippen LogP) is 6.71. The highest BCUT2D eigenvalue weighted by atomic mass is 35.5. The van der Waals surface area contributed by atoms with Gasteiger partial charge in [0.2, 0.25) is 11.8 Å². The molecule has 0 aromatic heterocycles. The SMILES string of the molecule is CC[C@H](C)NC(=O)[C@H](Cc1ccccc1)N(Cc1ccccc1)C(=O)CN(c1ccc(C)c(Cl)c1)S(=O)(=O)c1ccc(C)cc1. The van der Waals surface area contributed by atoms with E-state index in [9.17, 15) is 18.0 Å². The van der Waals surface area contributed by atoms with E-state index in [0.717, 1.165) is 26.6 Å². The highest BCUT2D eigenvalue weighted by Gasteiger charge is 2.35. The van der Waals surface area contributed by atoms with Gasteiger partial charge in [0, 0.05) is 24.0 Å². The molecule has 0 bridgehead atoms. The molecule has 0 aliphatic heterocycles. The number of benzene rings is 4. The summed E-state index contributed by atoms with van der Waals surface area (Å²) < 4.78 is 29.4. The van der Waals surface area contributed by atoms with Gasteiger partial charge in [0.05, 0.1) is 10.6 Å². The Morgan fingerprint density at radius 3 is 2.02 bits per heavy atom. The number of aryl methyl sites for hydroxylation is 2. The zero-order valence-electron chi connectivity index (χ0n) is 26.1. The fourth-order valence-electron chi connectivity index (χ4n) is 4.88. The maximum atomic E-state index is 14.5. The predicted molar refractivity (Wildman–Crippen MR) is 181 cm³/mol. The minimum Gasteiger partial charge on any atom is -0.352 e. The number of carbonyl (C=O) groups excluding carboxylic acids is 2. The van der Waals surface area contributed by atoms with Crippen molar-refractivity contribution >= 4 is 39.1 Å². The fourth-order valence-corrected chi connectivity index (χ4v) is 6.46. The van der Waals surface area contributed by atoms with Crippen molar-refractivity contribution < 1.29 is 18.0 Å². The van der Waals surface area contributed by atoms with Crippen molar-refractivity contribution in [3.05, 3.63) is 130 Å². The third-order valence-electron chi connectivity index (χ3n) is 7.80. The molecule has 0 radical (unpaired) electrons. The number of hydrogen-bond donors (Lipinski definition) is 1. The summed E-state index contributed by atoms with van der Waals surface area (Å²) in [5.41, 5.74) is 3.62. The Balaban J connectivity index is 1.81. The molecule has 0 saturated carbocycles. The van der Waals surface area contributed by atoms with E-state index in [2.05, 4.69) is 5.32 Å². The summed E-state index contributed by atoms with van der Waals surface area (Å²) in [6.45, 7) is 7.16. The van der Waals surface area contributed by atoms with Crippen molar-refractivity contribution in [3.8, 4) is 0 Å². The smallest absolute Gasteiger partial charge is 0.264 e. The van der Waals surface area contributed by atoms with Gasteiger partial charge in [-0.1, -0.05) is 103 Å². The summed E-state index contributed by atoms with van der Waals surface area (Å²) >= 11 is 6.46. The van der Waals surface area contributed by atoms with Gasteiger partial charge in [-0.3, -0.25) is 13.9 Å². The largest absolute Gasteiger partial charge is 0.352 e. The molecule has 4 rings (SSSR count). The number of nitrogens with one attached hydrogen (secondary N) is 1. The van der Waals surface area contributed by atoms with Gasteiger partial charge in [0.25, 0.3) is 10.0 Å². The Labute approximate surface area is 271 Å². The standard InChI is InChI=1S/C36H40ClN3O4S/c1-5-28(4)38-36(42)34(22-29-12-8-6-9-13-29)39(24-30-14-10-7-11-15-30)35(41)25-40(31-19-18-27(3)33(37)23-31)45(43,44)32-20-16-26(2)17-21-32/h6-21,23,28,34H,5,22,24-25H2,1-4H3,(H,38,42)/t28-,34-/m0/s1. The Morgan fingerprint density at radius 2 is 1.44 bits per heavy atom. The van der Waals surface area contributed by atoms with Crippen molar-refractivity contribution in [3.63, 3.8) is 0 Å². The first-order chi connectivity index (χ1) is 21.5. The summed E-state index contributed by atoms with van der Waals surface area (Å²) in [6.07, 6.45) is 0.968. The maximum absolute atomic E-state index is 14.5. The Bertz CT molecular complexity index is 1700. The van der Waals surface area contributed by atoms with Crippen LogP contribution in [-0.2, 0) is 32.6 Å². The van der Waals surface area contributed by atoms with Crippen molar-refractivity contribution in [2.45, 2.75) is 64.1 Å². The second-order valence-electron chi connectivity index (χ2n) is 11.3. The van der Waals surface area contributed by atoms with Crippen LogP contribution >= 0.6 is 11.6 Å². The normalized spacial score (nSPS) is 12.6. The van der Waals surface area contributed by atoms with Crippen molar-refractivity contribution in [1.82, 2.24) is 10.2 Å². The molecule has 0 saturated heterocycles. The quantitative estimate of drug-likeness (QED) is 0.175. The van der Waals surface area contributed by atoms with Gasteiger partial charge in [-0.2, -0.15) is 0 Å². The Hall–Kier alpha value is -4.14. The van der Waals surface area contributed by atoms with E-state index in [1.807, 2.05) is 88.4 Å². The molecule has 0 unspecified atom stereocenters. The van der Waals surface area contributed by atoms with E-state index in [0.29, 0.717) is 11.4 Å². The number of sulfonamides is 1. The Kier molecular flexibility index (Phi) is 11.4. The molecule has 0 heterocycles. The van der Waals surface area contributed by atoms with Gasteiger partial charge in [0.15, 0.2) is 0 Å². The van der Waals surface area contributed by atoms with Crippen LogP contribution in [0.5, 0.6) is 0 Å². The number of anilines is 1. The third-order valence-corrected chi connectivity index (χ3v) is 9.99. The van der Waals surface area contributed by atoms with Gasteiger partial charge in [0.1, 0.15) is 12.6 Å². The molecule has 9 heteroatoms. The average molecular weight is 646 g/mol. The molecule has 0 spiro atoms. The Morgan fingerprint density at radius 1 is 0.844 bits per heavy atom. The zero-order valence-corrected chi connectivity index (χ0v) is 27.7. The number of nitrogens with zero attached hydrogens (tertiary/aromatic N) is 2. The molecule has 7 nitrogen and oxygen atoms in total. The molecular formula is C36H40ClN3O4S. The molecule has 4 aromatic carbocycles. The number of carbonyl (C=O) groups is 2. The van der Waals surface area contributed by atoms with E-state index in [4.69, 9.17) is 11.6 Å². The topological polar surface area (TPSA) is 86.8 Å². The van der Waals surface area contributed by atoms with Crippen LogP contribution in [0.1, 0.15) is 42.5 Å². The second-order valence-corrected chi connectivity index (χ2v) is 13.6. The minimum absolute atomic E-state index is 0.0440. The minimum atomic E-state index is -4.20. The van der Waals surface area contributed by atoms with Crippen LogP contribution in [0.2, 0.25) is 5.02 Å².